The van der Waals surface area contributed by atoms with E-state index in [2.05, 4.69) is 431 Å². The molecule has 14 heteroatoms. The summed E-state index contributed by atoms with van der Waals surface area (Å²) in [6, 6.07) is 146. The molecule has 18 aromatic carbocycles. The summed E-state index contributed by atoms with van der Waals surface area (Å²) in [7, 11) is 0. The Kier molecular flexibility index (Phi) is 19.3. The fraction of sp³-hybridized carbons (Fsp3) is 0.00885. The fourth-order valence-corrected chi connectivity index (χ4v) is 18.2. The van der Waals surface area contributed by atoms with Crippen LogP contribution in [0.1, 0.15) is 45.4 Å². The SMILES string of the molecule is [C-]#[N+]c1nc2c(nc1C#N)c1nc(C#N)c(C#N)nc1c1nc(C#N)c([N+]#[C-])nc12.c1ccc(C2c3ccc(-c4ccc(N(c5ccccc5)c5ccccc5)cc4)cc3-c3cc(-c4ccc5c(c4)c4ccccc4n5-c4ccccc4)ccc32)cc1.c1ccc2cc(-c3c4ccccc4c(-c4ccc(-c5cccc6ccccc56)cc4)c4ccccc34)ccc2c1. The maximum Gasteiger partial charge on any atom is 0.307 e. The van der Waals surface area contributed by atoms with Crippen LogP contribution in [0.2, 0.25) is 0 Å². The van der Waals surface area contributed by atoms with Gasteiger partial charge < -0.3 is 19.2 Å². The Morgan fingerprint density at radius 1 is 0.268 bits per heavy atom. The third-order valence-corrected chi connectivity index (χ3v) is 23.9. The van der Waals surface area contributed by atoms with Gasteiger partial charge in [-0.3, -0.25) is 0 Å². The molecule has 23 rings (SSSR count). The van der Waals surface area contributed by atoms with Crippen LogP contribution in [0.25, 0.3) is 180 Å². The highest BCUT2D eigenvalue weighted by atomic mass is 15.1. The van der Waals surface area contributed by atoms with E-state index in [0.717, 1.165) is 17.1 Å². The first-order valence-corrected chi connectivity index (χ1v) is 41.3. The molecule has 4 heterocycles. The Hall–Kier alpha value is -18.4. The molecule has 1 unspecified atom stereocenters. The number of anilines is 3. The van der Waals surface area contributed by atoms with Gasteiger partial charge in [-0.15, -0.1) is 9.97 Å². The molecular formula is C113H64N14. The number of fused-ring (bicyclic) bond motifs is 16. The molecule has 0 N–H and O–H groups in total. The lowest BCUT2D eigenvalue weighted by atomic mass is 9.85. The number of nitrogens with zero attached hydrogens (tertiary/aromatic N) is 14. The third kappa shape index (κ3) is 13.4. The molecule has 1 aliphatic carbocycles. The van der Waals surface area contributed by atoms with Crippen molar-refractivity contribution in [2.45, 2.75) is 5.92 Å². The lowest BCUT2D eigenvalue weighted by Crippen LogP contribution is -2.09. The topological polar surface area (TPSA) is 189 Å². The normalized spacial score (nSPS) is 11.8. The van der Waals surface area contributed by atoms with E-state index in [4.69, 9.17) is 13.1 Å². The van der Waals surface area contributed by atoms with E-state index in [9.17, 15) is 21.0 Å². The summed E-state index contributed by atoms with van der Waals surface area (Å²) in [5.41, 5.74) is 24.9. The molecule has 14 nitrogen and oxygen atoms in total. The van der Waals surface area contributed by atoms with Crippen molar-refractivity contribution in [3.63, 3.8) is 0 Å². The molecule has 0 saturated carbocycles. The van der Waals surface area contributed by atoms with Crippen LogP contribution < -0.4 is 4.90 Å². The van der Waals surface area contributed by atoms with Crippen LogP contribution in [-0.4, -0.2) is 34.5 Å². The van der Waals surface area contributed by atoms with Gasteiger partial charge in [0.05, 0.1) is 11.0 Å². The lowest BCUT2D eigenvalue weighted by molar-refractivity contribution is 1.02. The minimum Gasteiger partial charge on any atom is -0.358 e. The molecular weight excluding hydrogens is 1550 g/mol. The molecule has 0 aliphatic heterocycles. The van der Waals surface area contributed by atoms with Crippen LogP contribution >= 0.6 is 0 Å². The van der Waals surface area contributed by atoms with Crippen molar-refractivity contribution in [3.8, 4) is 96.7 Å². The number of hydrogen-bond acceptors (Lipinski definition) is 11. The first-order valence-electron chi connectivity index (χ1n) is 41.3. The summed E-state index contributed by atoms with van der Waals surface area (Å²) >= 11 is 0. The predicted octanol–water partition coefficient (Wildman–Crippen LogP) is 28.2. The van der Waals surface area contributed by atoms with E-state index in [1.54, 1.807) is 24.3 Å². The minimum absolute atomic E-state index is 0.00714. The Labute approximate surface area is 729 Å². The van der Waals surface area contributed by atoms with E-state index >= 15 is 0 Å². The van der Waals surface area contributed by atoms with Gasteiger partial charge in [-0.1, -0.05) is 310 Å². The molecule has 1 atom stereocenters. The summed E-state index contributed by atoms with van der Waals surface area (Å²) < 4.78 is 2.38. The molecule has 0 radical (unpaired) electrons. The summed E-state index contributed by atoms with van der Waals surface area (Å²) in [4.78, 5) is 33.4. The average Bonchev–Trinajstić information content (AvgIpc) is 0.773. The van der Waals surface area contributed by atoms with Crippen molar-refractivity contribution >= 4 is 127 Å². The molecule has 0 fully saturated rings. The van der Waals surface area contributed by atoms with Crippen LogP contribution in [0, 0.1) is 58.5 Å². The van der Waals surface area contributed by atoms with Crippen molar-refractivity contribution in [3.05, 3.63) is 444 Å². The van der Waals surface area contributed by atoms with Crippen LogP contribution in [0.4, 0.5) is 28.7 Å². The van der Waals surface area contributed by atoms with Gasteiger partial charge in [0, 0.05) is 39.4 Å². The van der Waals surface area contributed by atoms with Gasteiger partial charge in [0.2, 0.25) is 11.0 Å². The van der Waals surface area contributed by atoms with E-state index in [1.165, 1.54) is 154 Å². The predicted molar refractivity (Wildman–Crippen MR) is 509 cm³/mol. The first-order chi connectivity index (χ1) is 62.7. The maximum absolute atomic E-state index is 9.30. The van der Waals surface area contributed by atoms with E-state index in [-0.39, 0.29) is 73.4 Å². The molecule has 0 amide bonds. The maximum atomic E-state index is 9.30. The largest absolute Gasteiger partial charge is 0.358 e. The molecule has 22 aromatic rings. The van der Waals surface area contributed by atoms with Crippen LogP contribution in [0.3, 0.4) is 0 Å². The van der Waals surface area contributed by atoms with Gasteiger partial charge in [-0.05, 0) is 211 Å². The molecule has 0 spiro atoms. The van der Waals surface area contributed by atoms with Crippen molar-refractivity contribution in [2.24, 2.45) is 0 Å². The zero-order chi connectivity index (χ0) is 85.6. The quantitative estimate of drug-likeness (QED) is 0.0719. The molecule has 586 valence electrons. The van der Waals surface area contributed by atoms with Gasteiger partial charge in [0.25, 0.3) is 0 Å². The molecule has 4 aromatic heterocycles. The summed E-state index contributed by atoms with van der Waals surface area (Å²) in [5, 5.41) is 49.9. The standard InChI is InChI=1S/C55H38N2.C40H26.C18N12/c1-5-15-39(16-6-1)55-48-32-27-40(38-25-30-46(31-26-38)56(43-17-7-2-8-18-43)44-19-9-3-10-20-44)35-50(48)51-36-41(28-33-49(51)55)42-29-34-54-52(37-42)47-23-13-14-24-53(47)57(54)45-21-11-4-12-22-45;1-2-12-31-26-32(25-20-27(31)10-1)40-37-17-7-5-15-35(37)39(36-16-6-8-18-38(36)40)30-23-21-29(22-24-30)34-19-9-13-28-11-3-4-14-33(28)34;1-23-17-9(5-21)27-13-11-12(26-8(4-20)7(3-19)25-11)14-16(15(13)29-17)30-18(24-2)10(6-22)28-14/h1-37,55H;1-26H;. The van der Waals surface area contributed by atoms with Crippen molar-refractivity contribution in [1.29, 1.82) is 21.0 Å². The molecule has 127 heavy (non-hydrogen) atoms. The van der Waals surface area contributed by atoms with E-state index < -0.39 is 0 Å². The summed E-state index contributed by atoms with van der Waals surface area (Å²) in [6.07, 6.45) is 0. The Morgan fingerprint density at radius 3 is 1.20 bits per heavy atom. The van der Waals surface area contributed by atoms with Gasteiger partial charge in [-0.2, -0.15) is 21.0 Å². The highest BCUT2D eigenvalue weighted by molar-refractivity contribution is 6.23. The lowest BCUT2D eigenvalue weighted by Gasteiger charge is -2.25. The zero-order valence-corrected chi connectivity index (χ0v) is 67.7. The number of para-hydroxylation sites is 4. The third-order valence-electron chi connectivity index (χ3n) is 23.9. The first kappa shape index (κ1) is 76.0. The fourth-order valence-electron chi connectivity index (χ4n) is 18.2. The Balaban J connectivity index is 0.000000123. The monoisotopic (exact) mass is 1620 g/mol. The van der Waals surface area contributed by atoms with Crippen molar-refractivity contribution in [1.82, 2.24) is 34.5 Å². The van der Waals surface area contributed by atoms with Gasteiger partial charge in [0.15, 0.2) is 22.8 Å². The van der Waals surface area contributed by atoms with Gasteiger partial charge in [-0.25, -0.2) is 19.9 Å². The smallest absolute Gasteiger partial charge is 0.307 e. The van der Waals surface area contributed by atoms with E-state index in [1.807, 2.05) is 0 Å². The minimum atomic E-state index is -0.303. The average molecular weight is 1620 g/mol. The molecule has 1 aliphatic rings. The summed E-state index contributed by atoms with van der Waals surface area (Å²) in [5.74, 6) is -0.426. The molecule has 0 saturated heterocycles. The second kappa shape index (κ2) is 32.3. The Morgan fingerprint density at radius 2 is 0.654 bits per heavy atom. The number of rotatable bonds is 10. The van der Waals surface area contributed by atoms with Crippen LogP contribution in [0.5, 0.6) is 0 Å². The van der Waals surface area contributed by atoms with E-state index in [0.29, 0.717) is 0 Å². The van der Waals surface area contributed by atoms with Crippen LogP contribution in [-0.2, 0) is 0 Å². The van der Waals surface area contributed by atoms with Gasteiger partial charge >= 0.3 is 11.6 Å². The number of hydrogen-bond donors (Lipinski definition) is 0. The second-order valence-electron chi connectivity index (χ2n) is 30.9. The van der Waals surface area contributed by atoms with Crippen LogP contribution in [0.15, 0.2) is 382 Å². The van der Waals surface area contributed by atoms with Gasteiger partial charge in [0.1, 0.15) is 46.3 Å². The highest BCUT2D eigenvalue weighted by Gasteiger charge is 2.32. The summed E-state index contributed by atoms with van der Waals surface area (Å²) in [6.45, 7) is 14.5. The Bertz CT molecular complexity index is 8070. The number of benzene rings is 18. The van der Waals surface area contributed by atoms with Crippen molar-refractivity contribution in [2.75, 3.05) is 4.90 Å². The zero-order valence-electron chi connectivity index (χ0n) is 67.7. The molecule has 0 bridgehead atoms. The highest BCUT2D eigenvalue weighted by Crippen LogP contribution is 2.52. The number of aromatic nitrogens is 7. The number of nitriles is 4. The van der Waals surface area contributed by atoms with Crippen molar-refractivity contribution < 1.29 is 0 Å². The second-order valence-corrected chi connectivity index (χ2v) is 30.9.